The van der Waals surface area contributed by atoms with Crippen LogP contribution in [0.15, 0.2) is 28.7 Å². The second-order valence-electron chi connectivity index (χ2n) is 5.81. The Morgan fingerprint density at radius 2 is 1.83 bits per heavy atom. The van der Waals surface area contributed by atoms with Gasteiger partial charge in [-0.1, -0.05) is 28.1 Å². The third kappa shape index (κ3) is 4.78. The van der Waals surface area contributed by atoms with Gasteiger partial charge in [-0.2, -0.15) is 0 Å². The minimum atomic E-state index is -0.799. The van der Waals surface area contributed by atoms with Crippen LogP contribution in [0.5, 0.6) is 0 Å². The highest BCUT2D eigenvalue weighted by Gasteiger charge is 2.41. The molecule has 0 bridgehead atoms. The van der Waals surface area contributed by atoms with Crippen LogP contribution in [0.3, 0.4) is 0 Å². The number of carbonyl (C=O) groups is 2. The summed E-state index contributed by atoms with van der Waals surface area (Å²) < 4.78 is 6.42. The van der Waals surface area contributed by atoms with Gasteiger partial charge in [-0.05, 0) is 43.4 Å². The average Bonchev–Trinajstić information content (AvgIpc) is 2.55. The minimum Gasteiger partial charge on any atom is -0.481 e. The number of unbranched alkanes of at least 4 members (excludes halogenated alkanes) is 1. The van der Waals surface area contributed by atoms with Gasteiger partial charge in [-0.15, -0.1) is 0 Å². The smallest absolute Gasteiger partial charge is 0.303 e. The van der Waals surface area contributed by atoms with Crippen molar-refractivity contribution < 1.29 is 19.4 Å². The number of nitrogens with one attached hydrogen (secondary N) is 1. The number of carbonyl (C=O) groups excluding carboxylic acids is 1. The molecule has 1 amide bonds. The molecule has 1 saturated heterocycles. The molecule has 23 heavy (non-hydrogen) atoms. The predicted molar refractivity (Wildman–Crippen MR) is 90.4 cm³/mol. The molecule has 2 N–H and O–H groups in total. The second-order valence-corrected chi connectivity index (χ2v) is 6.72. The Morgan fingerprint density at radius 1 is 1.17 bits per heavy atom. The lowest BCUT2D eigenvalue weighted by atomic mass is 9.73. The number of carboxylic acid groups (broad SMARTS) is 1. The summed E-state index contributed by atoms with van der Waals surface area (Å²) in [5, 5.41) is 11.6. The minimum absolute atomic E-state index is 0.0125. The third-order valence-electron chi connectivity index (χ3n) is 4.28. The van der Waals surface area contributed by atoms with E-state index in [4.69, 9.17) is 9.84 Å². The maximum atomic E-state index is 12.8. The molecular formula is C17H22BrNO4. The van der Waals surface area contributed by atoms with E-state index in [1.165, 1.54) is 0 Å². The van der Waals surface area contributed by atoms with Gasteiger partial charge in [0.15, 0.2) is 0 Å². The normalized spacial score (nSPS) is 16.7. The number of hydrogen-bond donors (Lipinski definition) is 2. The standard InChI is InChI=1S/C17H22BrNO4/c18-14-6-4-13(5-7-14)17(8-11-23-12-9-17)16(22)19-10-2-1-3-15(20)21/h4-7H,1-3,8-12H2,(H,19,22)(H,20,21). The van der Waals surface area contributed by atoms with Gasteiger partial charge in [0.2, 0.25) is 5.91 Å². The lowest BCUT2D eigenvalue weighted by molar-refractivity contribution is -0.137. The number of rotatable bonds is 7. The van der Waals surface area contributed by atoms with Gasteiger partial charge in [0.05, 0.1) is 5.41 Å². The molecule has 1 fully saturated rings. The zero-order valence-corrected chi connectivity index (χ0v) is 14.6. The van der Waals surface area contributed by atoms with Crippen molar-refractivity contribution in [2.24, 2.45) is 0 Å². The number of halogens is 1. The molecule has 126 valence electrons. The Hall–Kier alpha value is -1.40. The predicted octanol–water partition coefficient (Wildman–Crippen LogP) is 2.87. The second kappa shape index (κ2) is 8.45. The van der Waals surface area contributed by atoms with E-state index >= 15 is 0 Å². The van der Waals surface area contributed by atoms with Gasteiger partial charge >= 0.3 is 5.97 Å². The molecule has 0 saturated carbocycles. The van der Waals surface area contributed by atoms with Crippen LogP contribution in [-0.4, -0.2) is 36.7 Å². The van der Waals surface area contributed by atoms with Crippen molar-refractivity contribution >= 4 is 27.8 Å². The highest BCUT2D eigenvalue weighted by atomic mass is 79.9. The Balaban J connectivity index is 2.01. The van der Waals surface area contributed by atoms with Gasteiger partial charge in [0.25, 0.3) is 0 Å². The van der Waals surface area contributed by atoms with Crippen molar-refractivity contribution in [2.45, 2.75) is 37.5 Å². The Morgan fingerprint density at radius 3 is 2.43 bits per heavy atom. The monoisotopic (exact) mass is 383 g/mol. The number of hydrogen-bond acceptors (Lipinski definition) is 3. The van der Waals surface area contributed by atoms with Gasteiger partial charge in [-0.3, -0.25) is 9.59 Å². The van der Waals surface area contributed by atoms with Crippen LogP contribution in [0.4, 0.5) is 0 Å². The third-order valence-corrected chi connectivity index (χ3v) is 4.81. The summed E-state index contributed by atoms with van der Waals surface area (Å²) in [6.45, 7) is 1.65. The molecule has 1 aromatic carbocycles. The van der Waals surface area contributed by atoms with Crippen LogP contribution < -0.4 is 5.32 Å². The maximum absolute atomic E-state index is 12.8. The topological polar surface area (TPSA) is 75.6 Å². The first-order valence-corrected chi connectivity index (χ1v) is 8.68. The van der Waals surface area contributed by atoms with E-state index in [9.17, 15) is 9.59 Å². The Kier molecular flexibility index (Phi) is 6.59. The maximum Gasteiger partial charge on any atom is 0.303 e. The first-order chi connectivity index (χ1) is 11.0. The molecule has 0 unspecified atom stereocenters. The van der Waals surface area contributed by atoms with Crippen LogP contribution in [0, 0.1) is 0 Å². The number of aliphatic carboxylic acids is 1. The van der Waals surface area contributed by atoms with Crippen LogP contribution in [0.2, 0.25) is 0 Å². The molecule has 1 aliphatic rings. The van der Waals surface area contributed by atoms with Crippen molar-refractivity contribution in [1.29, 1.82) is 0 Å². The summed E-state index contributed by atoms with van der Waals surface area (Å²) in [6, 6.07) is 7.87. The van der Waals surface area contributed by atoms with Crippen LogP contribution >= 0.6 is 15.9 Å². The quantitative estimate of drug-likeness (QED) is 0.709. The van der Waals surface area contributed by atoms with E-state index in [0.717, 1.165) is 10.0 Å². The van der Waals surface area contributed by atoms with Gasteiger partial charge in [0, 0.05) is 30.7 Å². The van der Waals surface area contributed by atoms with Crippen LogP contribution in [-0.2, 0) is 19.7 Å². The Labute approximate surface area is 144 Å². The van der Waals surface area contributed by atoms with E-state index in [1.807, 2.05) is 24.3 Å². The lowest BCUT2D eigenvalue weighted by Crippen LogP contribution is -2.48. The summed E-state index contributed by atoms with van der Waals surface area (Å²) in [4.78, 5) is 23.3. The molecule has 1 aliphatic heterocycles. The van der Waals surface area contributed by atoms with Gasteiger partial charge in [0.1, 0.15) is 0 Å². The molecule has 6 heteroatoms. The molecule has 0 spiro atoms. The molecule has 1 heterocycles. The number of ether oxygens (including phenoxy) is 1. The van der Waals surface area contributed by atoms with E-state index in [0.29, 0.717) is 45.4 Å². The fourth-order valence-corrected chi connectivity index (χ4v) is 3.17. The zero-order valence-electron chi connectivity index (χ0n) is 13.0. The van der Waals surface area contributed by atoms with Crippen molar-refractivity contribution in [3.05, 3.63) is 34.3 Å². The highest BCUT2D eigenvalue weighted by molar-refractivity contribution is 9.10. The van der Waals surface area contributed by atoms with Crippen molar-refractivity contribution in [3.8, 4) is 0 Å². The van der Waals surface area contributed by atoms with E-state index in [2.05, 4.69) is 21.2 Å². The van der Waals surface area contributed by atoms with Crippen molar-refractivity contribution in [3.63, 3.8) is 0 Å². The average molecular weight is 384 g/mol. The largest absolute Gasteiger partial charge is 0.481 e. The molecular weight excluding hydrogens is 362 g/mol. The van der Waals surface area contributed by atoms with Crippen LogP contribution in [0.1, 0.15) is 37.7 Å². The first kappa shape index (κ1) is 17.9. The molecule has 0 aromatic heterocycles. The molecule has 2 rings (SSSR count). The molecule has 0 atom stereocenters. The summed E-state index contributed by atoms with van der Waals surface area (Å²) >= 11 is 3.42. The molecule has 5 nitrogen and oxygen atoms in total. The fourth-order valence-electron chi connectivity index (χ4n) is 2.91. The fraction of sp³-hybridized carbons (Fsp3) is 0.529. The van der Waals surface area contributed by atoms with E-state index in [-0.39, 0.29) is 12.3 Å². The zero-order chi connectivity index (χ0) is 16.7. The van der Waals surface area contributed by atoms with Gasteiger partial charge < -0.3 is 15.2 Å². The Bertz CT molecular complexity index is 538. The molecule has 0 radical (unpaired) electrons. The van der Waals surface area contributed by atoms with Crippen LogP contribution in [0.25, 0.3) is 0 Å². The first-order valence-electron chi connectivity index (χ1n) is 7.88. The summed E-state index contributed by atoms with van der Waals surface area (Å²) in [5.74, 6) is -0.787. The summed E-state index contributed by atoms with van der Waals surface area (Å²) in [6.07, 6.45) is 2.71. The summed E-state index contributed by atoms with van der Waals surface area (Å²) in [7, 11) is 0. The molecule has 0 aliphatic carbocycles. The van der Waals surface area contributed by atoms with Gasteiger partial charge in [-0.25, -0.2) is 0 Å². The number of carboxylic acids is 1. The summed E-state index contributed by atoms with van der Waals surface area (Å²) in [5.41, 5.74) is 0.457. The number of amides is 1. The SMILES string of the molecule is O=C(O)CCCCNC(=O)C1(c2ccc(Br)cc2)CCOCC1. The number of benzene rings is 1. The van der Waals surface area contributed by atoms with E-state index < -0.39 is 11.4 Å². The lowest BCUT2D eigenvalue weighted by Gasteiger charge is -2.36. The van der Waals surface area contributed by atoms with Crippen molar-refractivity contribution in [2.75, 3.05) is 19.8 Å². The molecule has 1 aromatic rings. The van der Waals surface area contributed by atoms with Crippen molar-refractivity contribution in [1.82, 2.24) is 5.32 Å². The van der Waals surface area contributed by atoms with E-state index in [1.54, 1.807) is 0 Å². The highest BCUT2D eigenvalue weighted by Crippen LogP contribution is 2.35.